The van der Waals surface area contributed by atoms with Crippen LogP contribution in [0.5, 0.6) is 0 Å². The number of thioether (sulfide) groups is 1. The van der Waals surface area contributed by atoms with E-state index in [1.165, 1.54) is 0 Å². The van der Waals surface area contributed by atoms with Gasteiger partial charge in [0.15, 0.2) is 0 Å². The molecule has 0 radical (unpaired) electrons. The van der Waals surface area contributed by atoms with Crippen LogP contribution >= 0.6 is 11.8 Å². The van der Waals surface area contributed by atoms with Crippen molar-refractivity contribution in [3.8, 4) is 0 Å². The molecule has 0 aromatic heterocycles. The number of amides is 1. The molecule has 0 aromatic rings. The minimum Gasteiger partial charge on any atom is -0.359 e. The van der Waals surface area contributed by atoms with E-state index in [0.29, 0.717) is 12.8 Å². The van der Waals surface area contributed by atoms with Gasteiger partial charge in [-0.1, -0.05) is 0 Å². The third kappa shape index (κ3) is 5.18. The third-order valence-electron chi connectivity index (χ3n) is 1.54. The van der Waals surface area contributed by atoms with Crippen molar-refractivity contribution in [1.29, 1.82) is 0 Å². The summed E-state index contributed by atoms with van der Waals surface area (Å²) in [5.41, 5.74) is 0. The fourth-order valence-corrected chi connectivity index (χ4v) is 1.59. The van der Waals surface area contributed by atoms with Gasteiger partial charge in [-0.15, -0.1) is 0 Å². The second kappa shape index (κ2) is 6.06. The van der Waals surface area contributed by atoms with E-state index in [4.69, 9.17) is 0 Å². The van der Waals surface area contributed by atoms with E-state index in [-0.39, 0.29) is 16.9 Å². The number of nitrogens with one attached hydrogen (secondary N) is 1. The van der Waals surface area contributed by atoms with Crippen LogP contribution < -0.4 is 5.32 Å². The van der Waals surface area contributed by atoms with Gasteiger partial charge in [-0.05, 0) is 13.2 Å². The van der Waals surface area contributed by atoms with Crippen molar-refractivity contribution in [2.75, 3.05) is 13.3 Å². The zero-order valence-corrected chi connectivity index (χ0v) is 8.53. The SMILES string of the molecule is CNC(=O)CC(CC(C)=O)SC. The van der Waals surface area contributed by atoms with Crippen LogP contribution in [0.15, 0.2) is 0 Å². The Kier molecular flexibility index (Phi) is 5.80. The van der Waals surface area contributed by atoms with Crippen molar-refractivity contribution >= 4 is 23.5 Å². The Labute approximate surface area is 77.3 Å². The summed E-state index contributed by atoms with van der Waals surface area (Å²) < 4.78 is 0. The first-order valence-electron chi connectivity index (χ1n) is 3.83. The van der Waals surface area contributed by atoms with Gasteiger partial charge >= 0.3 is 0 Å². The summed E-state index contributed by atoms with van der Waals surface area (Å²) in [6.07, 6.45) is 2.82. The van der Waals surface area contributed by atoms with Crippen molar-refractivity contribution < 1.29 is 9.59 Å². The van der Waals surface area contributed by atoms with E-state index < -0.39 is 0 Å². The molecule has 0 aliphatic rings. The van der Waals surface area contributed by atoms with Gasteiger partial charge in [-0.3, -0.25) is 9.59 Å². The molecule has 1 amide bonds. The molecule has 0 rings (SSSR count). The number of carbonyl (C=O) groups excluding carboxylic acids is 2. The lowest BCUT2D eigenvalue weighted by molar-refractivity contribution is -0.120. The molecular formula is C8H15NO2S. The van der Waals surface area contributed by atoms with Crippen molar-refractivity contribution in [2.45, 2.75) is 25.0 Å². The largest absolute Gasteiger partial charge is 0.359 e. The van der Waals surface area contributed by atoms with Crippen LogP contribution in [-0.4, -0.2) is 30.2 Å². The monoisotopic (exact) mass is 189 g/mol. The lowest BCUT2D eigenvalue weighted by Crippen LogP contribution is -2.23. The summed E-state index contributed by atoms with van der Waals surface area (Å²) in [4.78, 5) is 21.7. The Morgan fingerprint density at radius 2 is 2.00 bits per heavy atom. The molecule has 0 saturated carbocycles. The first-order valence-corrected chi connectivity index (χ1v) is 5.11. The summed E-state index contributed by atoms with van der Waals surface area (Å²) in [6.45, 7) is 1.55. The van der Waals surface area contributed by atoms with Crippen LogP contribution in [0, 0.1) is 0 Å². The lowest BCUT2D eigenvalue weighted by Gasteiger charge is -2.10. The van der Waals surface area contributed by atoms with Crippen molar-refractivity contribution in [1.82, 2.24) is 5.32 Å². The van der Waals surface area contributed by atoms with Gasteiger partial charge in [0.25, 0.3) is 0 Å². The van der Waals surface area contributed by atoms with Crippen LogP contribution in [-0.2, 0) is 9.59 Å². The molecule has 0 aliphatic heterocycles. The highest BCUT2D eigenvalue weighted by Crippen LogP contribution is 2.15. The molecule has 0 bridgehead atoms. The van der Waals surface area contributed by atoms with Crippen molar-refractivity contribution in [2.24, 2.45) is 0 Å². The predicted octanol–water partition coefficient (Wildman–Crippen LogP) is 0.833. The van der Waals surface area contributed by atoms with Crippen LogP contribution in [0.2, 0.25) is 0 Å². The molecule has 0 aliphatic carbocycles. The van der Waals surface area contributed by atoms with Crippen molar-refractivity contribution in [3.63, 3.8) is 0 Å². The highest BCUT2D eigenvalue weighted by atomic mass is 32.2. The Morgan fingerprint density at radius 1 is 1.42 bits per heavy atom. The molecule has 12 heavy (non-hydrogen) atoms. The van der Waals surface area contributed by atoms with Gasteiger partial charge < -0.3 is 5.32 Å². The molecule has 1 atom stereocenters. The Bertz CT molecular complexity index is 170. The molecule has 4 heteroatoms. The summed E-state index contributed by atoms with van der Waals surface area (Å²) >= 11 is 1.56. The van der Waals surface area contributed by atoms with E-state index in [2.05, 4.69) is 5.32 Å². The standard InChI is InChI=1S/C8H15NO2S/c1-6(10)4-7(12-3)5-8(11)9-2/h7H,4-5H2,1-3H3,(H,9,11). The zero-order chi connectivity index (χ0) is 9.56. The molecule has 0 saturated heterocycles. The number of hydrogen-bond donors (Lipinski definition) is 1. The van der Waals surface area contributed by atoms with Gasteiger partial charge in [-0.2, -0.15) is 11.8 Å². The maximum absolute atomic E-state index is 10.9. The molecule has 0 spiro atoms. The molecule has 0 heterocycles. The van der Waals surface area contributed by atoms with Gasteiger partial charge in [0.2, 0.25) is 5.91 Å². The normalized spacial score (nSPS) is 12.2. The summed E-state index contributed by atoms with van der Waals surface area (Å²) in [6, 6.07) is 0. The number of Topliss-reactive ketones (excluding diaryl/α,β-unsaturated/α-hetero) is 1. The quantitative estimate of drug-likeness (QED) is 0.697. The lowest BCUT2D eigenvalue weighted by atomic mass is 10.2. The van der Waals surface area contributed by atoms with E-state index in [1.54, 1.807) is 25.7 Å². The van der Waals surface area contributed by atoms with Gasteiger partial charge in [0, 0.05) is 25.1 Å². The highest BCUT2D eigenvalue weighted by molar-refractivity contribution is 7.99. The average molecular weight is 189 g/mol. The van der Waals surface area contributed by atoms with Crippen LogP contribution in [0.25, 0.3) is 0 Å². The predicted molar refractivity (Wildman–Crippen MR) is 51.3 cm³/mol. The minimum atomic E-state index is -0.00407. The first-order chi connectivity index (χ1) is 5.60. The second-order valence-corrected chi connectivity index (χ2v) is 3.78. The Balaban J connectivity index is 3.82. The summed E-state index contributed by atoms with van der Waals surface area (Å²) in [5.74, 6) is 0.133. The van der Waals surface area contributed by atoms with Gasteiger partial charge in [0.05, 0.1) is 0 Å². The van der Waals surface area contributed by atoms with Crippen molar-refractivity contribution in [3.05, 3.63) is 0 Å². The summed E-state index contributed by atoms with van der Waals surface area (Å²) in [5, 5.41) is 2.67. The van der Waals surface area contributed by atoms with Crippen LogP contribution in [0.4, 0.5) is 0 Å². The smallest absolute Gasteiger partial charge is 0.220 e. The van der Waals surface area contributed by atoms with Gasteiger partial charge in [-0.25, -0.2) is 0 Å². The number of hydrogen-bond acceptors (Lipinski definition) is 3. The average Bonchev–Trinajstić information content (AvgIpc) is 2.02. The first kappa shape index (κ1) is 11.5. The van der Waals surface area contributed by atoms with E-state index >= 15 is 0 Å². The molecule has 0 aromatic carbocycles. The molecule has 1 N–H and O–H groups in total. The fourth-order valence-electron chi connectivity index (χ4n) is 0.868. The zero-order valence-electron chi connectivity index (χ0n) is 7.72. The second-order valence-electron chi connectivity index (χ2n) is 2.64. The third-order valence-corrected chi connectivity index (χ3v) is 2.54. The fraction of sp³-hybridized carbons (Fsp3) is 0.750. The molecule has 1 unspecified atom stereocenters. The Morgan fingerprint density at radius 3 is 2.33 bits per heavy atom. The van der Waals surface area contributed by atoms with Crippen LogP contribution in [0.1, 0.15) is 19.8 Å². The molecular weight excluding hydrogens is 174 g/mol. The number of rotatable bonds is 5. The Hall–Kier alpha value is -0.510. The number of ketones is 1. The topological polar surface area (TPSA) is 46.2 Å². The maximum Gasteiger partial charge on any atom is 0.220 e. The number of carbonyl (C=O) groups is 2. The van der Waals surface area contributed by atoms with Crippen LogP contribution in [0.3, 0.4) is 0 Å². The molecule has 3 nitrogen and oxygen atoms in total. The molecule has 70 valence electrons. The van der Waals surface area contributed by atoms with E-state index in [0.717, 1.165) is 0 Å². The van der Waals surface area contributed by atoms with E-state index in [1.807, 2.05) is 6.26 Å². The summed E-state index contributed by atoms with van der Waals surface area (Å²) in [7, 11) is 1.60. The molecule has 0 fully saturated rings. The van der Waals surface area contributed by atoms with Gasteiger partial charge in [0.1, 0.15) is 5.78 Å². The highest BCUT2D eigenvalue weighted by Gasteiger charge is 2.13. The maximum atomic E-state index is 10.9. The minimum absolute atomic E-state index is 0.00407. The van der Waals surface area contributed by atoms with E-state index in [9.17, 15) is 9.59 Å².